The number of carbonyl (C=O) groups excluding carboxylic acids is 1. The molecule has 23 heavy (non-hydrogen) atoms. The Morgan fingerprint density at radius 2 is 2.13 bits per heavy atom. The van der Waals surface area contributed by atoms with Crippen molar-refractivity contribution in [1.82, 2.24) is 14.8 Å². The van der Waals surface area contributed by atoms with Crippen molar-refractivity contribution < 1.29 is 4.79 Å². The van der Waals surface area contributed by atoms with Crippen LogP contribution in [-0.2, 0) is 6.54 Å². The monoisotopic (exact) mass is 313 g/mol. The van der Waals surface area contributed by atoms with Crippen LogP contribution < -0.4 is 5.32 Å². The van der Waals surface area contributed by atoms with Crippen molar-refractivity contribution in [3.05, 3.63) is 36.0 Å². The Morgan fingerprint density at radius 1 is 1.30 bits per heavy atom. The van der Waals surface area contributed by atoms with Gasteiger partial charge in [0, 0.05) is 36.2 Å². The molecule has 1 fully saturated rings. The van der Waals surface area contributed by atoms with Gasteiger partial charge in [-0.1, -0.05) is 32.0 Å². The zero-order valence-corrected chi connectivity index (χ0v) is 14.2. The largest absolute Gasteiger partial charge is 0.350 e. The van der Waals surface area contributed by atoms with Crippen LogP contribution >= 0.6 is 0 Å². The number of fused-ring (bicyclic) bond motifs is 1. The van der Waals surface area contributed by atoms with Gasteiger partial charge >= 0.3 is 0 Å². The Morgan fingerprint density at radius 3 is 2.91 bits per heavy atom. The van der Waals surface area contributed by atoms with E-state index < -0.39 is 0 Å². The predicted octanol–water partition coefficient (Wildman–Crippen LogP) is 3.27. The quantitative estimate of drug-likeness (QED) is 0.889. The fourth-order valence-corrected chi connectivity index (χ4v) is 3.70. The molecule has 4 heteroatoms. The number of amides is 1. The van der Waals surface area contributed by atoms with Crippen LogP contribution in [0.4, 0.5) is 0 Å². The minimum Gasteiger partial charge on any atom is -0.350 e. The number of benzene rings is 1. The first-order chi connectivity index (χ1) is 11.2. The lowest BCUT2D eigenvalue weighted by atomic mass is 10.1. The highest BCUT2D eigenvalue weighted by atomic mass is 16.1. The number of hydrogen-bond donors (Lipinski definition) is 1. The van der Waals surface area contributed by atoms with Crippen molar-refractivity contribution in [2.75, 3.05) is 19.6 Å². The lowest BCUT2D eigenvalue weighted by molar-refractivity contribution is 0.0943. The molecule has 4 nitrogen and oxygen atoms in total. The zero-order valence-electron chi connectivity index (χ0n) is 14.2. The van der Waals surface area contributed by atoms with Gasteiger partial charge in [-0.25, -0.2) is 0 Å². The molecule has 0 spiro atoms. The van der Waals surface area contributed by atoms with Gasteiger partial charge in [-0.3, -0.25) is 9.69 Å². The summed E-state index contributed by atoms with van der Waals surface area (Å²) in [6.45, 7) is 8.27. The molecule has 1 aliphatic rings. The summed E-state index contributed by atoms with van der Waals surface area (Å²) >= 11 is 0. The van der Waals surface area contributed by atoms with Gasteiger partial charge < -0.3 is 9.88 Å². The maximum absolute atomic E-state index is 12.7. The third kappa shape index (κ3) is 3.27. The summed E-state index contributed by atoms with van der Waals surface area (Å²) in [7, 11) is 0. The predicted molar refractivity (Wildman–Crippen MR) is 94.8 cm³/mol. The molecule has 0 bridgehead atoms. The van der Waals surface area contributed by atoms with E-state index in [0.717, 1.165) is 49.1 Å². The minimum atomic E-state index is 0.0546. The van der Waals surface area contributed by atoms with Crippen molar-refractivity contribution in [3.63, 3.8) is 0 Å². The molecule has 3 rings (SSSR count). The second kappa shape index (κ2) is 7.18. The Balaban J connectivity index is 1.75. The van der Waals surface area contributed by atoms with Crippen molar-refractivity contribution in [3.8, 4) is 0 Å². The lowest BCUT2D eigenvalue weighted by Gasteiger charge is -2.22. The third-order valence-corrected chi connectivity index (χ3v) is 4.90. The van der Waals surface area contributed by atoms with Crippen LogP contribution in [0.2, 0.25) is 0 Å². The fourth-order valence-electron chi connectivity index (χ4n) is 3.70. The Labute approximate surface area is 138 Å². The summed E-state index contributed by atoms with van der Waals surface area (Å²) in [5.74, 6) is 0.0546. The van der Waals surface area contributed by atoms with Gasteiger partial charge in [0.1, 0.15) is 0 Å². The van der Waals surface area contributed by atoms with E-state index in [1.165, 1.54) is 12.8 Å². The number of hydrogen-bond acceptors (Lipinski definition) is 2. The molecule has 2 aromatic rings. The maximum Gasteiger partial charge on any atom is 0.253 e. The average molecular weight is 313 g/mol. The SMILES string of the molecule is CCCn1cc(C(=O)NC[C@@H]2CCCN2CC)c2ccccc21. The van der Waals surface area contributed by atoms with E-state index in [4.69, 9.17) is 0 Å². The molecule has 1 aliphatic heterocycles. The zero-order chi connectivity index (χ0) is 16.2. The number of aromatic nitrogens is 1. The smallest absolute Gasteiger partial charge is 0.253 e. The molecule has 0 aliphatic carbocycles. The first kappa shape index (κ1) is 16.1. The highest BCUT2D eigenvalue weighted by molar-refractivity contribution is 6.07. The van der Waals surface area contributed by atoms with Gasteiger partial charge in [0.05, 0.1) is 5.56 Å². The fraction of sp³-hybridized carbons (Fsp3) is 0.526. The topological polar surface area (TPSA) is 37.3 Å². The number of likely N-dealkylation sites (N-methyl/N-ethyl adjacent to an activating group) is 1. The van der Waals surface area contributed by atoms with E-state index in [9.17, 15) is 4.79 Å². The van der Waals surface area contributed by atoms with Crippen LogP contribution in [0.25, 0.3) is 10.9 Å². The van der Waals surface area contributed by atoms with E-state index in [0.29, 0.717) is 6.04 Å². The average Bonchev–Trinajstić information content (AvgIpc) is 3.18. The minimum absolute atomic E-state index is 0.0546. The summed E-state index contributed by atoms with van der Waals surface area (Å²) in [5.41, 5.74) is 1.95. The second-order valence-corrected chi connectivity index (χ2v) is 6.39. The van der Waals surface area contributed by atoms with Crippen LogP contribution in [-0.4, -0.2) is 41.1 Å². The molecule has 1 atom stereocenters. The molecular formula is C19H27N3O. The highest BCUT2D eigenvalue weighted by Crippen LogP contribution is 2.22. The lowest BCUT2D eigenvalue weighted by Crippen LogP contribution is -2.40. The maximum atomic E-state index is 12.7. The number of aryl methyl sites for hydroxylation is 1. The molecule has 1 saturated heterocycles. The van der Waals surface area contributed by atoms with E-state index in [2.05, 4.69) is 34.7 Å². The van der Waals surface area contributed by atoms with E-state index >= 15 is 0 Å². The molecule has 124 valence electrons. The van der Waals surface area contributed by atoms with Gasteiger partial charge in [-0.15, -0.1) is 0 Å². The summed E-state index contributed by atoms with van der Waals surface area (Å²) in [6, 6.07) is 8.67. The van der Waals surface area contributed by atoms with Crippen LogP contribution in [0.5, 0.6) is 0 Å². The normalized spacial score (nSPS) is 18.6. The molecule has 0 unspecified atom stereocenters. The number of carbonyl (C=O) groups is 1. The van der Waals surface area contributed by atoms with Gasteiger partial charge in [0.2, 0.25) is 0 Å². The van der Waals surface area contributed by atoms with Gasteiger partial charge in [-0.2, -0.15) is 0 Å². The molecule has 2 heterocycles. The standard InChI is InChI=1S/C19H27N3O/c1-3-11-22-14-17(16-9-5-6-10-18(16)22)19(23)20-13-15-8-7-12-21(15)4-2/h5-6,9-10,14-15H,3-4,7-8,11-13H2,1-2H3,(H,20,23)/t15-/m0/s1. The van der Waals surface area contributed by atoms with E-state index in [-0.39, 0.29) is 5.91 Å². The summed E-state index contributed by atoms with van der Waals surface area (Å²) < 4.78 is 2.19. The van der Waals surface area contributed by atoms with Gasteiger partial charge in [0.15, 0.2) is 0 Å². The summed E-state index contributed by atoms with van der Waals surface area (Å²) in [5, 5.41) is 4.21. The van der Waals surface area contributed by atoms with Crippen LogP contribution in [0, 0.1) is 0 Å². The van der Waals surface area contributed by atoms with Crippen LogP contribution in [0.3, 0.4) is 0 Å². The highest BCUT2D eigenvalue weighted by Gasteiger charge is 2.24. The number of nitrogens with zero attached hydrogens (tertiary/aromatic N) is 2. The molecule has 0 radical (unpaired) electrons. The number of nitrogens with one attached hydrogen (secondary N) is 1. The summed E-state index contributed by atoms with van der Waals surface area (Å²) in [6.07, 6.45) is 5.50. The van der Waals surface area contributed by atoms with Crippen molar-refractivity contribution in [2.24, 2.45) is 0 Å². The Hall–Kier alpha value is -1.81. The number of rotatable bonds is 6. The Bertz CT molecular complexity index is 676. The molecule has 1 aromatic carbocycles. The van der Waals surface area contributed by atoms with E-state index in [1.807, 2.05) is 24.4 Å². The number of likely N-dealkylation sites (tertiary alicyclic amines) is 1. The second-order valence-electron chi connectivity index (χ2n) is 6.39. The van der Waals surface area contributed by atoms with Crippen molar-refractivity contribution >= 4 is 16.8 Å². The van der Waals surface area contributed by atoms with E-state index in [1.54, 1.807) is 0 Å². The molecule has 1 N–H and O–H groups in total. The first-order valence-electron chi connectivity index (χ1n) is 8.84. The third-order valence-electron chi connectivity index (χ3n) is 4.90. The molecule has 1 amide bonds. The first-order valence-corrected chi connectivity index (χ1v) is 8.84. The number of para-hydroxylation sites is 1. The molecule has 0 saturated carbocycles. The van der Waals surface area contributed by atoms with Crippen LogP contribution in [0.1, 0.15) is 43.5 Å². The Kier molecular flexibility index (Phi) is 5.01. The summed E-state index contributed by atoms with van der Waals surface area (Å²) in [4.78, 5) is 15.1. The molecular weight excluding hydrogens is 286 g/mol. The van der Waals surface area contributed by atoms with Crippen LogP contribution in [0.15, 0.2) is 30.5 Å². The van der Waals surface area contributed by atoms with Gasteiger partial charge in [0.25, 0.3) is 5.91 Å². The van der Waals surface area contributed by atoms with Gasteiger partial charge in [-0.05, 0) is 38.4 Å². The van der Waals surface area contributed by atoms with Crippen molar-refractivity contribution in [2.45, 2.75) is 45.7 Å². The van der Waals surface area contributed by atoms with Crippen molar-refractivity contribution in [1.29, 1.82) is 0 Å². The molecule has 1 aromatic heterocycles.